The van der Waals surface area contributed by atoms with Crippen LogP contribution in [0.5, 0.6) is 0 Å². The highest BCUT2D eigenvalue weighted by Gasteiger charge is 2.23. The van der Waals surface area contributed by atoms with Gasteiger partial charge in [0.1, 0.15) is 5.69 Å². The maximum Gasteiger partial charge on any atom is 0.308 e. The fourth-order valence-electron chi connectivity index (χ4n) is 1.26. The predicted octanol–water partition coefficient (Wildman–Crippen LogP) is 2.61. The summed E-state index contributed by atoms with van der Waals surface area (Å²) >= 11 is 3.02. The number of rotatable bonds is 4. The Morgan fingerprint density at radius 1 is 1.62 bits per heavy atom. The number of nitrogens with zero attached hydrogens (tertiary/aromatic N) is 2. The molecule has 0 unspecified atom stereocenters. The molecule has 90 valence electrons. The zero-order valence-electron chi connectivity index (χ0n) is 8.75. The molecule has 0 saturated carbocycles. The zero-order valence-corrected chi connectivity index (χ0v) is 10.3. The van der Waals surface area contributed by atoms with E-state index < -0.39 is 18.3 Å². The van der Waals surface area contributed by atoms with Crippen LogP contribution < -0.4 is 0 Å². The van der Waals surface area contributed by atoms with Gasteiger partial charge in [-0.05, 0) is 22.9 Å². The number of hydrogen-bond acceptors (Lipinski definition) is 2. The van der Waals surface area contributed by atoms with Gasteiger partial charge in [-0.1, -0.05) is 6.92 Å². The molecule has 0 aromatic carbocycles. The Balaban J connectivity index is 3.04. The van der Waals surface area contributed by atoms with Crippen LogP contribution in [0, 0.1) is 12.8 Å². The molecule has 1 atom stereocenters. The van der Waals surface area contributed by atoms with Gasteiger partial charge in [0.2, 0.25) is 0 Å². The minimum Gasteiger partial charge on any atom is -0.481 e. The average Bonchev–Trinajstić information content (AvgIpc) is 2.42. The molecule has 0 amide bonds. The lowest BCUT2D eigenvalue weighted by atomic mass is 10.2. The summed E-state index contributed by atoms with van der Waals surface area (Å²) in [6.45, 7) is 2.96. The van der Waals surface area contributed by atoms with E-state index in [1.165, 1.54) is 6.92 Å². The third-order valence-corrected chi connectivity index (χ3v) is 3.15. The van der Waals surface area contributed by atoms with Crippen LogP contribution in [0.2, 0.25) is 0 Å². The van der Waals surface area contributed by atoms with Crippen molar-refractivity contribution in [2.75, 3.05) is 0 Å². The van der Waals surface area contributed by atoms with Gasteiger partial charge in [0.25, 0.3) is 6.43 Å². The number of hydrogen-bond donors (Lipinski definition) is 1. The first kappa shape index (κ1) is 13.1. The molecule has 16 heavy (non-hydrogen) atoms. The third kappa shape index (κ3) is 2.58. The topological polar surface area (TPSA) is 55.1 Å². The van der Waals surface area contributed by atoms with E-state index in [0.29, 0.717) is 5.69 Å². The van der Waals surface area contributed by atoms with Crippen molar-refractivity contribution in [3.8, 4) is 0 Å². The van der Waals surface area contributed by atoms with Gasteiger partial charge in [-0.2, -0.15) is 5.10 Å². The minimum atomic E-state index is -2.68. The molecule has 0 fully saturated rings. The molecule has 1 rings (SSSR count). The number of aromatic nitrogens is 2. The van der Waals surface area contributed by atoms with Gasteiger partial charge in [-0.3, -0.25) is 9.48 Å². The summed E-state index contributed by atoms with van der Waals surface area (Å²) in [6.07, 6.45) is -2.68. The lowest BCUT2D eigenvalue weighted by molar-refractivity contribution is -0.141. The Morgan fingerprint density at radius 2 is 2.19 bits per heavy atom. The van der Waals surface area contributed by atoms with E-state index in [-0.39, 0.29) is 16.7 Å². The van der Waals surface area contributed by atoms with Crippen molar-refractivity contribution in [2.45, 2.75) is 26.8 Å². The van der Waals surface area contributed by atoms with Crippen LogP contribution in [0.3, 0.4) is 0 Å². The summed E-state index contributed by atoms with van der Waals surface area (Å²) in [6, 6.07) is 0. The number of aryl methyl sites for hydroxylation is 1. The molecule has 0 aliphatic heterocycles. The summed E-state index contributed by atoms with van der Waals surface area (Å²) < 4.78 is 26.7. The van der Waals surface area contributed by atoms with Crippen molar-refractivity contribution < 1.29 is 18.7 Å². The summed E-state index contributed by atoms with van der Waals surface area (Å²) in [5.41, 5.74) is 0.151. The quantitative estimate of drug-likeness (QED) is 0.929. The number of carbonyl (C=O) groups is 1. The number of alkyl halides is 2. The van der Waals surface area contributed by atoms with Crippen LogP contribution in [0.25, 0.3) is 0 Å². The molecule has 0 aliphatic rings. The van der Waals surface area contributed by atoms with E-state index in [9.17, 15) is 13.6 Å². The Labute approximate surface area is 99.4 Å². The number of halogens is 3. The smallest absolute Gasteiger partial charge is 0.308 e. The van der Waals surface area contributed by atoms with Crippen LogP contribution in [0.4, 0.5) is 8.78 Å². The Morgan fingerprint density at radius 3 is 2.62 bits per heavy atom. The van der Waals surface area contributed by atoms with Gasteiger partial charge in [-0.15, -0.1) is 0 Å². The standard InChI is InChI=1S/C9H11BrF2N2O2/c1-4(9(15)16)3-14-7(8(11)12)6(10)5(2)13-14/h4,8H,3H2,1-2H3,(H,15,16)/t4-/m1/s1. The van der Waals surface area contributed by atoms with Crippen LogP contribution in [-0.2, 0) is 11.3 Å². The van der Waals surface area contributed by atoms with Crippen LogP contribution in [-0.4, -0.2) is 20.9 Å². The lowest BCUT2D eigenvalue weighted by Gasteiger charge is -2.09. The molecule has 1 aromatic heterocycles. The summed E-state index contributed by atoms with van der Waals surface area (Å²) in [5.74, 6) is -1.80. The minimum absolute atomic E-state index is 0.0680. The largest absolute Gasteiger partial charge is 0.481 e. The SMILES string of the molecule is Cc1nn(C[C@@H](C)C(=O)O)c(C(F)F)c1Br. The van der Waals surface area contributed by atoms with Crippen molar-refractivity contribution in [3.05, 3.63) is 15.9 Å². The van der Waals surface area contributed by atoms with Gasteiger partial charge in [0.05, 0.1) is 22.6 Å². The predicted molar refractivity (Wildman–Crippen MR) is 56.4 cm³/mol. The molecule has 0 spiro atoms. The highest BCUT2D eigenvalue weighted by molar-refractivity contribution is 9.10. The van der Waals surface area contributed by atoms with Crippen LogP contribution in [0.15, 0.2) is 4.47 Å². The van der Waals surface area contributed by atoms with Crippen LogP contribution in [0.1, 0.15) is 24.7 Å². The first-order valence-corrected chi connectivity index (χ1v) is 5.37. The van der Waals surface area contributed by atoms with Gasteiger partial charge in [0.15, 0.2) is 0 Å². The summed E-state index contributed by atoms with van der Waals surface area (Å²) in [4.78, 5) is 10.6. The molecule has 0 aliphatic carbocycles. The van der Waals surface area contributed by atoms with Crippen molar-refractivity contribution in [2.24, 2.45) is 5.92 Å². The third-order valence-electron chi connectivity index (χ3n) is 2.17. The molecule has 0 saturated heterocycles. The van der Waals surface area contributed by atoms with E-state index in [4.69, 9.17) is 5.11 Å². The normalized spacial score (nSPS) is 13.1. The zero-order chi connectivity index (χ0) is 12.5. The molecule has 0 bridgehead atoms. The second kappa shape index (κ2) is 4.90. The number of aliphatic carboxylic acids is 1. The highest BCUT2D eigenvalue weighted by atomic mass is 79.9. The molecular formula is C9H11BrF2N2O2. The van der Waals surface area contributed by atoms with Crippen molar-refractivity contribution >= 4 is 21.9 Å². The molecule has 7 heteroatoms. The molecule has 1 N–H and O–H groups in total. The lowest BCUT2D eigenvalue weighted by Crippen LogP contribution is -2.19. The molecule has 1 heterocycles. The van der Waals surface area contributed by atoms with Gasteiger partial charge >= 0.3 is 5.97 Å². The molecule has 0 radical (unpaired) electrons. The second-order valence-corrected chi connectivity index (χ2v) is 4.30. The number of carboxylic acid groups (broad SMARTS) is 1. The van der Waals surface area contributed by atoms with Gasteiger partial charge in [0, 0.05) is 0 Å². The molecular weight excluding hydrogens is 286 g/mol. The maximum atomic E-state index is 12.7. The van der Waals surface area contributed by atoms with Gasteiger partial charge in [-0.25, -0.2) is 8.78 Å². The van der Waals surface area contributed by atoms with Crippen molar-refractivity contribution in [3.63, 3.8) is 0 Å². The van der Waals surface area contributed by atoms with Crippen molar-refractivity contribution in [1.29, 1.82) is 0 Å². The molecule has 4 nitrogen and oxygen atoms in total. The van der Waals surface area contributed by atoms with E-state index in [0.717, 1.165) is 4.68 Å². The Bertz CT molecular complexity index is 406. The first-order valence-electron chi connectivity index (χ1n) is 4.58. The van der Waals surface area contributed by atoms with E-state index in [1.807, 2.05) is 0 Å². The Hall–Kier alpha value is -0.980. The van der Waals surface area contributed by atoms with E-state index in [1.54, 1.807) is 6.92 Å². The number of carboxylic acids is 1. The summed E-state index contributed by atoms with van der Waals surface area (Å²) in [7, 11) is 0. The second-order valence-electron chi connectivity index (χ2n) is 3.51. The Kier molecular flexibility index (Phi) is 4.01. The summed E-state index contributed by atoms with van der Waals surface area (Å²) in [5, 5.41) is 12.6. The maximum absolute atomic E-state index is 12.7. The molecule has 1 aromatic rings. The first-order chi connectivity index (χ1) is 7.34. The fraction of sp³-hybridized carbons (Fsp3) is 0.556. The monoisotopic (exact) mass is 296 g/mol. The van der Waals surface area contributed by atoms with Gasteiger partial charge < -0.3 is 5.11 Å². The highest BCUT2D eigenvalue weighted by Crippen LogP contribution is 2.30. The van der Waals surface area contributed by atoms with E-state index >= 15 is 0 Å². The van der Waals surface area contributed by atoms with Crippen molar-refractivity contribution in [1.82, 2.24) is 9.78 Å². The van der Waals surface area contributed by atoms with Crippen LogP contribution >= 0.6 is 15.9 Å². The fourth-order valence-corrected chi connectivity index (χ4v) is 1.72. The van der Waals surface area contributed by atoms with E-state index in [2.05, 4.69) is 21.0 Å². The average molecular weight is 297 g/mol.